The van der Waals surface area contributed by atoms with E-state index in [-0.39, 0.29) is 23.7 Å². The molecule has 1 amide bonds. The smallest absolute Gasteiger partial charge is 0.303 e. The van der Waals surface area contributed by atoms with Gasteiger partial charge in [-0.3, -0.25) is 9.59 Å². The fourth-order valence-electron chi connectivity index (χ4n) is 3.13. The maximum Gasteiger partial charge on any atom is 0.303 e. The molecular formula is C17H23NO3. The second kappa shape index (κ2) is 6.29. The van der Waals surface area contributed by atoms with Gasteiger partial charge in [-0.05, 0) is 36.3 Å². The molecule has 1 fully saturated rings. The molecule has 21 heavy (non-hydrogen) atoms. The van der Waals surface area contributed by atoms with Crippen molar-refractivity contribution < 1.29 is 14.7 Å². The Morgan fingerprint density at radius 3 is 2.67 bits per heavy atom. The van der Waals surface area contributed by atoms with Gasteiger partial charge in [-0.1, -0.05) is 38.5 Å². The van der Waals surface area contributed by atoms with Crippen molar-refractivity contribution >= 4 is 17.6 Å². The van der Waals surface area contributed by atoms with Gasteiger partial charge in [-0.2, -0.15) is 0 Å². The first kappa shape index (κ1) is 15.5. The van der Waals surface area contributed by atoms with Crippen LogP contribution >= 0.6 is 0 Å². The number of nitrogens with one attached hydrogen (secondary N) is 1. The van der Waals surface area contributed by atoms with Crippen LogP contribution in [0.5, 0.6) is 0 Å². The van der Waals surface area contributed by atoms with E-state index in [9.17, 15) is 9.59 Å². The summed E-state index contributed by atoms with van der Waals surface area (Å²) in [6.07, 6.45) is 3.59. The number of anilines is 1. The fraction of sp³-hybridized carbons (Fsp3) is 0.529. The van der Waals surface area contributed by atoms with Gasteiger partial charge < -0.3 is 10.4 Å². The summed E-state index contributed by atoms with van der Waals surface area (Å²) in [6.45, 7) is 4.28. The average Bonchev–Trinajstić information content (AvgIpc) is 2.77. The van der Waals surface area contributed by atoms with Crippen molar-refractivity contribution in [2.24, 2.45) is 11.3 Å². The first-order valence-corrected chi connectivity index (χ1v) is 7.51. The molecular weight excluding hydrogens is 266 g/mol. The number of benzene rings is 1. The van der Waals surface area contributed by atoms with Crippen LogP contribution in [0.1, 0.15) is 45.1 Å². The van der Waals surface area contributed by atoms with Crippen LogP contribution in [0.2, 0.25) is 0 Å². The zero-order valence-electron chi connectivity index (χ0n) is 12.7. The van der Waals surface area contributed by atoms with Crippen molar-refractivity contribution in [2.75, 3.05) is 5.32 Å². The molecule has 114 valence electrons. The Balaban J connectivity index is 2.08. The monoisotopic (exact) mass is 289 g/mol. The van der Waals surface area contributed by atoms with Crippen LogP contribution < -0.4 is 5.32 Å². The summed E-state index contributed by atoms with van der Waals surface area (Å²) in [4.78, 5) is 23.2. The molecule has 1 aliphatic rings. The van der Waals surface area contributed by atoms with E-state index in [1.165, 1.54) is 0 Å². The van der Waals surface area contributed by atoms with Crippen LogP contribution in [0.15, 0.2) is 24.3 Å². The van der Waals surface area contributed by atoms with E-state index in [1.54, 1.807) is 0 Å². The highest BCUT2D eigenvalue weighted by atomic mass is 16.4. The van der Waals surface area contributed by atoms with Gasteiger partial charge in [0.25, 0.3) is 0 Å². The Hall–Kier alpha value is -1.84. The van der Waals surface area contributed by atoms with Crippen molar-refractivity contribution in [2.45, 2.75) is 46.0 Å². The first-order chi connectivity index (χ1) is 9.90. The lowest BCUT2D eigenvalue weighted by Crippen LogP contribution is -2.31. The number of carboxylic acid groups (broad SMARTS) is 1. The van der Waals surface area contributed by atoms with Crippen LogP contribution in [0.3, 0.4) is 0 Å². The third kappa shape index (κ3) is 3.84. The number of aliphatic carboxylic acids is 1. The lowest BCUT2D eigenvalue weighted by Gasteiger charge is -2.26. The molecule has 1 atom stereocenters. The number of carbonyl (C=O) groups is 2. The van der Waals surface area contributed by atoms with Crippen LogP contribution in [-0.4, -0.2) is 17.0 Å². The second-order valence-corrected chi connectivity index (χ2v) is 6.47. The van der Waals surface area contributed by atoms with E-state index in [1.807, 2.05) is 24.3 Å². The van der Waals surface area contributed by atoms with E-state index in [0.29, 0.717) is 6.42 Å². The second-order valence-electron chi connectivity index (χ2n) is 6.47. The van der Waals surface area contributed by atoms with Gasteiger partial charge in [0.1, 0.15) is 0 Å². The van der Waals surface area contributed by atoms with E-state index in [4.69, 9.17) is 5.11 Å². The summed E-state index contributed by atoms with van der Waals surface area (Å²) in [5.74, 6) is -0.738. The van der Waals surface area contributed by atoms with Gasteiger partial charge in [-0.25, -0.2) is 0 Å². The van der Waals surface area contributed by atoms with Crippen LogP contribution in [0.4, 0.5) is 5.69 Å². The maximum absolute atomic E-state index is 12.5. The van der Waals surface area contributed by atoms with Gasteiger partial charge in [0.05, 0.1) is 0 Å². The minimum absolute atomic E-state index is 0.0324. The molecule has 2 N–H and O–H groups in total. The summed E-state index contributed by atoms with van der Waals surface area (Å²) < 4.78 is 0. The highest BCUT2D eigenvalue weighted by molar-refractivity contribution is 5.94. The molecule has 4 nitrogen and oxygen atoms in total. The highest BCUT2D eigenvalue weighted by Gasteiger charge is 2.39. The molecule has 0 aromatic heterocycles. The summed E-state index contributed by atoms with van der Waals surface area (Å²) in [6, 6.07) is 7.45. The predicted octanol–water partition coefficient (Wildman–Crippen LogP) is 3.47. The molecule has 0 bridgehead atoms. The number of carboxylic acids is 1. The lowest BCUT2D eigenvalue weighted by atomic mass is 9.81. The molecule has 1 aliphatic carbocycles. The normalized spacial score (nSPS) is 20.2. The molecule has 1 unspecified atom stereocenters. The Labute approximate surface area is 125 Å². The summed E-state index contributed by atoms with van der Waals surface area (Å²) in [5, 5.41) is 11.8. The maximum atomic E-state index is 12.5. The lowest BCUT2D eigenvalue weighted by molar-refractivity contribution is -0.137. The van der Waals surface area contributed by atoms with Gasteiger partial charge in [0, 0.05) is 18.0 Å². The van der Waals surface area contributed by atoms with Gasteiger partial charge >= 0.3 is 5.97 Å². The molecule has 0 radical (unpaired) electrons. The largest absolute Gasteiger partial charge is 0.481 e. The van der Waals surface area contributed by atoms with Gasteiger partial charge in [-0.15, -0.1) is 0 Å². The van der Waals surface area contributed by atoms with Crippen molar-refractivity contribution in [1.82, 2.24) is 0 Å². The molecule has 4 heteroatoms. The zero-order valence-corrected chi connectivity index (χ0v) is 12.7. The SMILES string of the molecule is CC1(C)CCCC1C(=O)Nc1ccccc1CCC(=O)O. The topological polar surface area (TPSA) is 66.4 Å². The molecule has 1 aromatic carbocycles. The number of aryl methyl sites for hydroxylation is 1. The van der Waals surface area contributed by atoms with Crippen molar-refractivity contribution in [3.8, 4) is 0 Å². The Morgan fingerprint density at radius 1 is 1.33 bits per heavy atom. The van der Waals surface area contributed by atoms with Crippen molar-refractivity contribution in [3.05, 3.63) is 29.8 Å². The minimum Gasteiger partial charge on any atom is -0.481 e. The number of hydrogen-bond donors (Lipinski definition) is 2. The molecule has 0 aliphatic heterocycles. The van der Waals surface area contributed by atoms with Gasteiger partial charge in [0.2, 0.25) is 5.91 Å². The van der Waals surface area contributed by atoms with Crippen LogP contribution in [-0.2, 0) is 16.0 Å². The number of rotatable bonds is 5. The molecule has 0 saturated heterocycles. The summed E-state index contributed by atoms with van der Waals surface area (Å²) >= 11 is 0. The number of amides is 1. The summed E-state index contributed by atoms with van der Waals surface area (Å²) in [7, 11) is 0. The average molecular weight is 289 g/mol. The zero-order chi connectivity index (χ0) is 15.5. The molecule has 1 aromatic rings. The van der Waals surface area contributed by atoms with Crippen molar-refractivity contribution in [1.29, 1.82) is 0 Å². The Kier molecular flexibility index (Phi) is 4.66. The standard InChI is InChI=1S/C17H23NO3/c1-17(2)11-5-7-13(17)16(21)18-14-8-4-3-6-12(14)9-10-15(19)20/h3-4,6,8,13H,5,7,9-11H2,1-2H3,(H,18,21)(H,19,20). The molecule has 2 rings (SSSR count). The van der Waals surface area contributed by atoms with E-state index < -0.39 is 5.97 Å². The predicted molar refractivity (Wildman–Crippen MR) is 82.2 cm³/mol. The van der Waals surface area contributed by atoms with E-state index in [2.05, 4.69) is 19.2 Å². The molecule has 1 saturated carbocycles. The van der Waals surface area contributed by atoms with E-state index in [0.717, 1.165) is 30.5 Å². The summed E-state index contributed by atoms with van der Waals surface area (Å²) in [5.41, 5.74) is 1.66. The first-order valence-electron chi connectivity index (χ1n) is 7.51. The fourth-order valence-corrected chi connectivity index (χ4v) is 3.13. The number of hydrogen-bond acceptors (Lipinski definition) is 2. The molecule has 0 heterocycles. The van der Waals surface area contributed by atoms with Crippen LogP contribution in [0.25, 0.3) is 0 Å². The minimum atomic E-state index is -0.826. The van der Waals surface area contributed by atoms with Gasteiger partial charge in [0.15, 0.2) is 0 Å². The third-order valence-corrected chi connectivity index (χ3v) is 4.46. The Bertz CT molecular complexity index is 537. The molecule has 0 spiro atoms. The van der Waals surface area contributed by atoms with Crippen molar-refractivity contribution in [3.63, 3.8) is 0 Å². The highest BCUT2D eigenvalue weighted by Crippen LogP contribution is 2.43. The Morgan fingerprint density at radius 2 is 2.05 bits per heavy atom. The number of carbonyl (C=O) groups excluding carboxylic acids is 1. The quantitative estimate of drug-likeness (QED) is 0.872. The third-order valence-electron chi connectivity index (χ3n) is 4.46. The van der Waals surface area contributed by atoms with E-state index >= 15 is 0 Å². The number of para-hydroxylation sites is 1. The van der Waals surface area contributed by atoms with Crippen LogP contribution in [0, 0.1) is 11.3 Å².